The number of carbonyl (C=O) groups is 2. The number of carbonyl (C=O) groups excluding carboxylic acids is 2. The molecule has 3 unspecified atom stereocenters. The van der Waals surface area contributed by atoms with E-state index in [1.165, 1.54) is 128 Å². The molecule has 2 N–H and O–H groups in total. The highest BCUT2D eigenvalue weighted by atomic mass is 31.2. The first-order valence-corrected chi connectivity index (χ1v) is 29.5. The zero-order valence-corrected chi connectivity index (χ0v) is 45.5. The van der Waals surface area contributed by atoms with E-state index in [1.54, 1.807) is 0 Å². The van der Waals surface area contributed by atoms with Crippen LogP contribution < -0.4 is 5.32 Å². The van der Waals surface area contributed by atoms with Crippen molar-refractivity contribution in [2.24, 2.45) is 0 Å². The summed E-state index contributed by atoms with van der Waals surface area (Å²) in [6, 6.07) is -0.858. The van der Waals surface area contributed by atoms with E-state index in [-0.39, 0.29) is 31.5 Å². The molecule has 1 amide bonds. The molecule has 0 heterocycles. The quantitative estimate of drug-likeness (QED) is 0.0156. The summed E-state index contributed by atoms with van der Waals surface area (Å²) in [6.45, 7) is 6.95. The maximum atomic E-state index is 13.5. The number of esters is 1. The van der Waals surface area contributed by atoms with Gasteiger partial charge in [-0.15, -0.1) is 0 Å². The van der Waals surface area contributed by atoms with Crippen LogP contribution in [0.3, 0.4) is 0 Å². The number of hydrogen-bond donors (Lipinski definition) is 2. The lowest BCUT2D eigenvalue weighted by molar-refractivity contribution is -0.870. The summed E-state index contributed by atoms with van der Waals surface area (Å²) >= 11 is 0. The van der Waals surface area contributed by atoms with Crippen LogP contribution in [0.2, 0.25) is 0 Å². The average molecular weight is 964 g/mol. The van der Waals surface area contributed by atoms with Gasteiger partial charge in [-0.05, 0) is 83.1 Å². The number of unbranched alkanes of at least 4 members (excludes halogenated alkanes) is 29. The summed E-state index contributed by atoms with van der Waals surface area (Å²) in [5.74, 6) is -0.535. The van der Waals surface area contributed by atoms with Crippen molar-refractivity contribution < 1.29 is 37.3 Å². The van der Waals surface area contributed by atoms with Crippen molar-refractivity contribution in [3.05, 3.63) is 48.6 Å². The number of likely N-dealkylation sites (N-methyl/N-ethyl adjacent to an activating group) is 1. The number of hydrogen-bond acceptors (Lipinski definition) is 6. The fraction of sp³-hybridized carbons (Fsp3) is 0.825. The van der Waals surface area contributed by atoms with Crippen molar-refractivity contribution in [2.75, 3.05) is 40.9 Å². The van der Waals surface area contributed by atoms with Gasteiger partial charge in [0.05, 0.1) is 33.8 Å². The third kappa shape index (κ3) is 48.8. The molecule has 9 nitrogen and oxygen atoms in total. The molecule has 0 bridgehead atoms. The largest absolute Gasteiger partial charge is 0.472 e. The zero-order valence-electron chi connectivity index (χ0n) is 44.6. The lowest BCUT2D eigenvalue weighted by Crippen LogP contribution is -2.47. The molecular weight excluding hydrogens is 856 g/mol. The van der Waals surface area contributed by atoms with Crippen molar-refractivity contribution in [1.29, 1.82) is 0 Å². The molecule has 0 aliphatic rings. The van der Waals surface area contributed by atoms with Crippen LogP contribution in [0.25, 0.3) is 0 Å². The Morgan fingerprint density at radius 1 is 0.522 bits per heavy atom. The molecule has 0 radical (unpaired) electrons. The molecule has 0 aliphatic heterocycles. The summed E-state index contributed by atoms with van der Waals surface area (Å²) in [4.78, 5) is 37.5. The highest BCUT2D eigenvalue weighted by Gasteiger charge is 2.30. The van der Waals surface area contributed by atoms with Crippen LogP contribution in [0.5, 0.6) is 0 Å². The van der Waals surface area contributed by atoms with Gasteiger partial charge in [0.1, 0.15) is 19.3 Å². The molecule has 0 aliphatic carbocycles. The summed E-state index contributed by atoms with van der Waals surface area (Å²) in [6.07, 6.45) is 56.7. The van der Waals surface area contributed by atoms with Gasteiger partial charge in [0.15, 0.2) is 0 Å². The monoisotopic (exact) mass is 964 g/mol. The SMILES string of the molecule is CCCCC/C=C/C=C/CCCCCCCCC(=O)OC(/C=C/CCCCCCCCCCCCC)C(COP(=O)(O)OCC[N+](C)(C)C)NC(=O)CCCCC/C=C\CCCCCCCC. The number of rotatable bonds is 50. The normalized spacial score (nSPS) is 14.2. The molecule has 3 atom stereocenters. The van der Waals surface area contributed by atoms with Gasteiger partial charge < -0.3 is 19.4 Å². The molecule has 0 saturated heterocycles. The van der Waals surface area contributed by atoms with E-state index in [0.717, 1.165) is 89.9 Å². The van der Waals surface area contributed by atoms with Gasteiger partial charge in [-0.1, -0.05) is 205 Å². The molecular formula is C57H108N2O7P+. The zero-order chi connectivity index (χ0) is 49.4. The predicted octanol–water partition coefficient (Wildman–Crippen LogP) is 16.6. The average Bonchev–Trinajstić information content (AvgIpc) is 3.28. The minimum absolute atomic E-state index is 0.0354. The maximum Gasteiger partial charge on any atom is 0.472 e. The first-order chi connectivity index (χ1) is 32.4. The third-order valence-corrected chi connectivity index (χ3v) is 13.3. The van der Waals surface area contributed by atoms with Crippen molar-refractivity contribution >= 4 is 19.7 Å². The van der Waals surface area contributed by atoms with Gasteiger partial charge in [0.25, 0.3) is 0 Å². The van der Waals surface area contributed by atoms with Crippen LogP contribution in [0.1, 0.15) is 252 Å². The van der Waals surface area contributed by atoms with Crippen LogP contribution in [-0.2, 0) is 27.9 Å². The van der Waals surface area contributed by atoms with E-state index < -0.39 is 20.0 Å². The van der Waals surface area contributed by atoms with Crippen LogP contribution in [-0.4, -0.2) is 74.3 Å². The summed E-state index contributed by atoms with van der Waals surface area (Å²) < 4.78 is 30.6. The first-order valence-electron chi connectivity index (χ1n) is 28.0. The van der Waals surface area contributed by atoms with Gasteiger partial charge in [-0.2, -0.15) is 0 Å². The van der Waals surface area contributed by atoms with E-state index >= 15 is 0 Å². The second-order valence-corrected chi connectivity index (χ2v) is 21.6. The molecule has 0 aromatic carbocycles. The first kappa shape index (κ1) is 65.0. The third-order valence-electron chi connectivity index (χ3n) is 12.3. The lowest BCUT2D eigenvalue weighted by Gasteiger charge is -2.27. The standard InChI is InChI=1S/C57H107N2O7P/c1-7-10-13-16-19-22-25-28-29-32-35-38-41-44-47-50-57(61)66-55(48-45-42-39-36-33-30-26-23-20-17-14-11-8-2)54(53-65-67(62,63)64-52-51-59(4,5)6)58-56(60)49-46-43-40-37-34-31-27-24-21-18-15-12-9-3/h19,22,25,28,31,34,45,48,54-55H,7-18,20-21,23-24,26-27,29-30,32-33,35-44,46-47,49-53H2,1-6H3,(H-,58,60,62,63)/p+1/b22-19+,28-25+,34-31-,48-45+. The highest BCUT2D eigenvalue weighted by Crippen LogP contribution is 2.43. The summed E-state index contributed by atoms with van der Waals surface area (Å²) in [7, 11) is 1.48. The van der Waals surface area contributed by atoms with E-state index in [0.29, 0.717) is 17.4 Å². The number of nitrogens with zero attached hydrogens (tertiary/aromatic N) is 1. The molecule has 10 heteroatoms. The Morgan fingerprint density at radius 3 is 1.40 bits per heavy atom. The van der Waals surface area contributed by atoms with Crippen LogP contribution in [0, 0.1) is 0 Å². The van der Waals surface area contributed by atoms with Crippen molar-refractivity contribution in [1.82, 2.24) is 5.32 Å². The Labute approximate surface area is 414 Å². The Morgan fingerprint density at radius 2 is 0.910 bits per heavy atom. The lowest BCUT2D eigenvalue weighted by atomic mass is 10.0. The minimum Gasteiger partial charge on any atom is -0.456 e. The van der Waals surface area contributed by atoms with Crippen LogP contribution >= 0.6 is 7.82 Å². The topological polar surface area (TPSA) is 111 Å². The smallest absolute Gasteiger partial charge is 0.456 e. The summed E-state index contributed by atoms with van der Waals surface area (Å²) in [5, 5.41) is 3.03. The van der Waals surface area contributed by atoms with Gasteiger partial charge in [-0.3, -0.25) is 18.6 Å². The van der Waals surface area contributed by atoms with E-state index in [4.69, 9.17) is 13.8 Å². The maximum absolute atomic E-state index is 13.5. The Kier molecular flexibility index (Phi) is 46.2. The van der Waals surface area contributed by atoms with E-state index in [1.807, 2.05) is 33.3 Å². The minimum atomic E-state index is -4.45. The molecule has 0 saturated carbocycles. The van der Waals surface area contributed by atoms with Gasteiger partial charge in [-0.25, -0.2) is 4.57 Å². The highest BCUT2D eigenvalue weighted by molar-refractivity contribution is 7.47. The number of phosphoric acid groups is 1. The number of phosphoric ester groups is 1. The number of quaternary nitrogens is 1. The molecule has 0 spiro atoms. The van der Waals surface area contributed by atoms with Crippen molar-refractivity contribution in [3.63, 3.8) is 0 Å². The number of amides is 1. The van der Waals surface area contributed by atoms with Gasteiger partial charge in [0, 0.05) is 12.8 Å². The van der Waals surface area contributed by atoms with Gasteiger partial charge >= 0.3 is 13.8 Å². The van der Waals surface area contributed by atoms with E-state index in [9.17, 15) is 19.0 Å². The van der Waals surface area contributed by atoms with E-state index in [2.05, 4.69) is 62.5 Å². The van der Waals surface area contributed by atoms with Crippen molar-refractivity contribution in [3.8, 4) is 0 Å². The molecule has 392 valence electrons. The Hall–Kier alpha value is -2.03. The molecule has 0 rings (SSSR count). The van der Waals surface area contributed by atoms with Crippen LogP contribution in [0.4, 0.5) is 0 Å². The fourth-order valence-corrected chi connectivity index (χ4v) is 8.60. The van der Waals surface area contributed by atoms with Gasteiger partial charge in [0.2, 0.25) is 5.91 Å². The summed E-state index contributed by atoms with van der Waals surface area (Å²) in [5.41, 5.74) is 0. The predicted molar refractivity (Wildman–Crippen MR) is 286 cm³/mol. The number of nitrogens with one attached hydrogen (secondary N) is 1. The van der Waals surface area contributed by atoms with Crippen molar-refractivity contribution in [2.45, 2.75) is 264 Å². The Bertz CT molecular complexity index is 1290. The second kappa shape index (κ2) is 47.6. The molecule has 0 aromatic rings. The Balaban J connectivity index is 5.44. The fourth-order valence-electron chi connectivity index (χ4n) is 7.87. The molecule has 67 heavy (non-hydrogen) atoms. The second-order valence-electron chi connectivity index (χ2n) is 20.1. The number of allylic oxidation sites excluding steroid dienone is 7. The van der Waals surface area contributed by atoms with Crippen LogP contribution in [0.15, 0.2) is 48.6 Å². The molecule has 0 aromatic heterocycles. The number of ether oxygens (including phenoxy) is 1. The molecule has 0 fully saturated rings.